The zero-order valence-corrected chi connectivity index (χ0v) is 14.4. The van der Waals surface area contributed by atoms with Crippen LogP contribution in [0.25, 0.3) is 11.3 Å². The second kappa shape index (κ2) is 7.16. The number of nitrogens with one attached hydrogen (secondary N) is 1. The van der Waals surface area contributed by atoms with E-state index in [-0.39, 0.29) is 12.5 Å². The lowest BCUT2D eigenvalue weighted by Crippen LogP contribution is -2.19. The van der Waals surface area contributed by atoms with Crippen molar-refractivity contribution in [2.45, 2.75) is 26.9 Å². The fraction of sp³-hybridized carbons (Fsp3) is 0.294. The standard InChI is InChI=1S/C17H20N6O2/c1-4-22-10-15(19-21-22)18-16(24)11-23-9-12(2)17(20-23)13-5-7-14(25-3)8-6-13/h5-10H,4,11H2,1-3H3,(H,18,24). The van der Waals surface area contributed by atoms with Crippen molar-refractivity contribution >= 4 is 11.7 Å². The maximum Gasteiger partial charge on any atom is 0.247 e. The molecule has 0 aliphatic carbocycles. The highest BCUT2D eigenvalue weighted by atomic mass is 16.5. The van der Waals surface area contributed by atoms with Crippen LogP contribution in [0.5, 0.6) is 5.75 Å². The summed E-state index contributed by atoms with van der Waals surface area (Å²) in [6, 6.07) is 7.67. The van der Waals surface area contributed by atoms with Crippen molar-refractivity contribution in [3.63, 3.8) is 0 Å². The number of anilines is 1. The van der Waals surface area contributed by atoms with Crippen molar-refractivity contribution in [3.8, 4) is 17.0 Å². The van der Waals surface area contributed by atoms with E-state index in [0.29, 0.717) is 12.4 Å². The summed E-state index contributed by atoms with van der Waals surface area (Å²) in [5.74, 6) is 1.03. The third-order valence-corrected chi connectivity index (χ3v) is 3.74. The van der Waals surface area contributed by atoms with Crippen LogP contribution in [-0.4, -0.2) is 37.8 Å². The van der Waals surface area contributed by atoms with Crippen molar-refractivity contribution < 1.29 is 9.53 Å². The molecule has 8 heteroatoms. The van der Waals surface area contributed by atoms with Crippen LogP contribution in [0, 0.1) is 6.92 Å². The minimum Gasteiger partial charge on any atom is -0.497 e. The Bertz CT molecular complexity index is 866. The molecule has 0 saturated carbocycles. The highest BCUT2D eigenvalue weighted by Crippen LogP contribution is 2.23. The van der Waals surface area contributed by atoms with Gasteiger partial charge in [0.2, 0.25) is 5.91 Å². The second-order valence-electron chi connectivity index (χ2n) is 5.59. The number of aryl methyl sites for hydroxylation is 2. The van der Waals surface area contributed by atoms with Gasteiger partial charge >= 0.3 is 0 Å². The van der Waals surface area contributed by atoms with Crippen LogP contribution in [0.1, 0.15) is 12.5 Å². The molecule has 2 aromatic heterocycles. The number of rotatable bonds is 6. The van der Waals surface area contributed by atoms with E-state index in [0.717, 1.165) is 22.6 Å². The molecule has 0 spiro atoms. The minimum atomic E-state index is -0.202. The first-order valence-corrected chi connectivity index (χ1v) is 7.97. The van der Waals surface area contributed by atoms with Gasteiger partial charge in [-0.15, -0.1) is 5.10 Å². The number of ether oxygens (including phenoxy) is 1. The van der Waals surface area contributed by atoms with Crippen molar-refractivity contribution in [1.29, 1.82) is 0 Å². The molecule has 8 nitrogen and oxygen atoms in total. The maximum absolute atomic E-state index is 12.2. The maximum atomic E-state index is 12.2. The molecular weight excluding hydrogens is 320 g/mol. The molecule has 0 radical (unpaired) electrons. The first-order chi connectivity index (χ1) is 12.1. The van der Waals surface area contributed by atoms with E-state index in [4.69, 9.17) is 4.74 Å². The Morgan fingerprint density at radius 1 is 1.20 bits per heavy atom. The Morgan fingerprint density at radius 2 is 1.96 bits per heavy atom. The van der Waals surface area contributed by atoms with Crippen molar-refractivity contribution in [2.24, 2.45) is 0 Å². The third-order valence-electron chi connectivity index (χ3n) is 3.74. The highest BCUT2D eigenvalue weighted by molar-refractivity contribution is 5.89. The Morgan fingerprint density at radius 3 is 2.60 bits per heavy atom. The monoisotopic (exact) mass is 340 g/mol. The summed E-state index contributed by atoms with van der Waals surface area (Å²) < 4.78 is 8.44. The Labute approximate surface area is 145 Å². The average Bonchev–Trinajstić information content (AvgIpc) is 3.21. The lowest BCUT2D eigenvalue weighted by molar-refractivity contribution is -0.116. The van der Waals surface area contributed by atoms with Crippen LogP contribution in [0.2, 0.25) is 0 Å². The van der Waals surface area contributed by atoms with Gasteiger partial charge in [0.15, 0.2) is 5.82 Å². The number of aromatic nitrogens is 5. The summed E-state index contributed by atoms with van der Waals surface area (Å²) >= 11 is 0. The average molecular weight is 340 g/mol. The summed E-state index contributed by atoms with van der Waals surface area (Å²) in [6.07, 6.45) is 3.54. The van der Waals surface area contributed by atoms with Gasteiger partial charge in [-0.25, -0.2) is 0 Å². The van der Waals surface area contributed by atoms with Gasteiger partial charge in [0, 0.05) is 18.3 Å². The van der Waals surface area contributed by atoms with Gasteiger partial charge in [0.1, 0.15) is 12.3 Å². The molecule has 2 heterocycles. The van der Waals surface area contributed by atoms with E-state index in [9.17, 15) is 4.79 Å². The second-order valence-corrected chi connectivity index (χ2v) is 5.59. The number of carbonyl (C=O) groups excluding carboxylic acids is 1. The number of hydrogen-bond donors (Lipinski definition) is 1. The SMILES string of the molecule is CCn1cc(NC(=O)Cn2cc(C)c(-c3ccc(OC)cc3)n2)nn1. The summed E-state index contributed by atoms with van der Waals surface area (Å²) in [4.78, 5) is 12.2. The lowest BCUT2D eigenvalue weighted by Gasteiger charge is -2.03. The van der Waals surface area contributed by atoms with Crippen molar-refractivity contribution in [1.82, 2.24) is 24.8 Å². The predicted octanol–water partition coefficient (Wildman–Crippen LogP) is 2.12. The lowest BCUT2D eigenvalue weighted by atomic mass is 10.1. The Balaban J connectivity index is 1.69. The van der Waals surface area contributed by atoms with E-state index >= 15 is 0 Å². The molecule has 1 aromatic carbocycles. The predicted molar refractivity (Wildman–Crippen MR) is 93.3 cm³/mol. The van der Waals surface area contributed by atoms with Gasteiger partial charge in [-0.05, 0) is 43.7 Å². The molecule has 3 rings (SSSR count). The summed E-state index contributed by atoms with van der Waals surface area (Å²) in [7, 11) is 1.63. The fourth-order valence-corrected chi connectivity index (χ4v) is 2.48. The van der Waals surface area contributed by atoms with Gasteiger partial charge in [-0.1, -0.05) is 5.21 Å². The van der Waals surface area contributed by atoms with E-state index < -0.39 is 0 Å². The Hall–Kier alpha value is -3.16. The van der Waals surface area contributed by atoms with Crippen LogP contribution in [0.4, 0.5) is 5.82 Å². The largest absolute Gasteiger partial charge is 0.497 e. The highest BCUT2D eigenvalue weighted by Gasteiger charge is 2.11. The van der Waals surface area contributed by atoms with E-state index in [1.54, 1.807) is 22.7 Å². The van der Waals surface area contributed by atoms with Gasteiger partial charge in [0.25, 0.3) is 0 Å². The molecule has 0 bridgehead atoms. The molecule has 130 valence electrons. The number of nitrogens with zero attached hydrogens (tertiary/aromatic N) is 5. The molecule has 0 unspecified atom stereocenters. The van der Waals surface area contributed by atoms with E-state index in [1.165, 1.54) is 0 Å². The summed E-state index contributed by atoms with van der Waals surface area (Å²) in [5.41, 5.74) is 2.81. The molecule has 25 heavy (non-hydrogen) atoms. The zero-order valence-electron chi connectivity index (χ0n) is 14.4. The van der Waals surface area contributed by atoms with Crippen LogP contribution in [0.3, 0.4) is 0 Å². The van der Waals surface area contributed by atoms with Gasteiger partial charge in [0.05, 0.1) is 19.0 Å². The molecule has 3 aromatic rings. The molecule has 1 N–H and O–H groups in total. The molecule has 1 amide bonds. The van der Waals surface area contributed by atoms with Crippen LogP contribution in [0.15, 0.2) is 36.7 Å². The first kappa shape index (κ1) is 16.7. The van der Waals surface area contributed by atoms with Gasteiger partial charge in [-0.2, -0.15) is 5.10 Å². The fourth-order valence-electron chi connectivity index (χ4n) is 2.48. The zero-order chi connectivity index (χ0) is 17.8. The molecular formula is C17H20N6O2. The number of carbonyl (C=O) groups is 1. The normalized spacial score (nSPS) is 10.7. The van der Waals surface area contributed by atoms with E-state index in [1.807, 2.05) is 44.3 Å². The van der Waals surface area contributed by atoms with Gasteiger partial charge in [-0.3, -0.25) is 14.2 Å². The molecule has 0 atom stereocenters. The first-order valence-electron chi connectivity index (χ1n) is 7.97. The molecule has 0 aliphatic heterocycles. The molecule has 0 saturated heterocycles. The number of amides is 1. The number of hydrogen-bond acceptors (Lipinski definition) is 5. The number of methoxy groups -OCH3 is 1. The molecule has 0 fully saturated rings. The van der Waals surface area contributed by atoms with Crippen molar-refractivity contribution in [3.05, 3.63) is 42.2 Å². The van der Waals surface area contributed by atoms with Crippen molar-refractivity contribution in [2.75, 3.05) is 12.4 Å². The quantitative estimate of drug-likeness (QED) is 0.743. The van der Waals surface area contributed by atoms with Crippen LogP contribution >= 0.6 is 0 Å². The minimum absolute atomic E-state index is 0.107. The molecule has 0 aliphatic rings. The third kappa shape index (κ3) is 3.85. The number of benzene rings is 1. The smallest absolute Gasteiger partial charge is 0.247 e. The summed E-state index contributed by atoms with van der Waals surface area (Å²) in [5, 5.41) is 15.0. The summed E-state index contributed by atoms with van der Waals surface area (Å²) in [6.45, 7) is 4.73. The van der Waals surface area contributed by atoms with Crippen LogP contribution < -0.4 is 10.1 Å². The topological polar surface area (TPSA) is 86.9 Å². The van der Waals surface area contributed by atoms with Gasteiger partial charge < -0.3 is 10.1 Å². The van der Waals surface area contributed by atoms with Crippen LogP contribution in [-0.2, 0) is 17.9 Å². The Kier molecular flexibility index (Phi) is 4.78. The van der Waals surface area contributed by atoms with E-state index in [2.05, 4.69) is 20.7 Å².